The second-order valence-electron chi connectivity index (χ2n) is 5.19. The van der Waals surface area contributed by atoms with Gasteiger partial charge in [-0.05, 0) is 30.2 Å². The molecule has 0 fully saturated rings. The summed E-state index contributed by atoms with van der Waals surface area (Å²) in [6.07, 6.45) is 0. The van der Waals surface area contributed by atoms with Crippen LogP contribution >= 0.6 is 11.6 Å². The molecule has 23 heavy (non-hydrogen) atoms. The first-order valence-electron chi connectivity index (χ1n) is 7.10. The lowest BCUT2D eigenvalue weighted by atomic mass is 10.1. The van der Waals surface area contributed by atoms with Gasteiger partial charge in [0.05, 0.1) is 0 Å². The minimum atomic E-state index is -1.13. The molecule has 1 heterocycles. The van der Waals surface area contributed by atoms with Crippen molar-refractivity contribution in [3.63, 3.8) is 0 Å². The third kappa shape index (κ3) is 4.06. The Morgan fingerprint density at radius 2 is 1.96 bits per heavy atom. The minimum Gasteiger partial charge on any atom is -0.338 e. The van der Waals surface area contributed by atoms with Gasteiger partial charge in [-0.15, -0.1) is 0 Å². The highest BCUT2D eigenvalue weighted by Crippen LogP contribution is 2.20. The van der Waals surface area contributed by atoms with Crippen molar-refractivity contribution in [1.82, 2.24) is 10.1 Å². The number of nitrogens with zero attached hydrogens (tertiary/aromatic N) is 2. The second-order valence-corrected chi connectivity index (χ2v) is 7.08. The predicted octanol–water partition coefficient (Wildman–Crippen LogP) is 4.15. The van der Waals surface area contributed by atoms with E-state index in [1.54, 1.807) is 6.07 Å². The number of benzene rings is 2. The molecule has 3 aromatic rings. The SMILES string of the molecule is Cc1ccccc1-c1noc(C[S@](=O)Cc2cccc(Cl)c2)n1. The molecule has 0 aliphatic rings. The van der Waals surface area contributed by atoms with Crippen molar-refractivity contribution in [2.45, 2.75) is 18.4 Å². The van der Waals surface area contributed by atoms with E-state index in [1.807, 2.05) is 49.4 Å². The maximum absolute atomic E-state index is 12.2. The summed E-state index contributed by atoms with van der Waals surface area (Å²) in [7, 11) is -1.13. The second kappa shape index (κ2) is 7.06. The van der Waals surface area contributed by atoms with E-state index in [0.717, 1.165) is 16.7 Å². The maximum Gasteiger partial charge on any atom is 0.239 e. The van der Waals surface area contributed by atoms with Crippen LogP contribution in [0.5, 0.6) is 0 Å². The molecular formula is C17H15ClN2O2S. The van der Waals surface area contributed by atoms with Gasteiger partial charge in [-0.25, -0.2) is 0 Å². The lowest BCUT2D eigenvalue weighted by molar-refractivity contribution is 0.390. The van der Waals surface area contributed by atoms with E-state index in [9.17, 15) is 4.21 Å². The number of hydrogen-bond donors (Lipinski definition) is 0. The summed E-state index contributed by atoms with van der Waals surface area (Å²) in [5, 5.41) is 4.62. The normalized spacial score (nSPS) is 12.3. The lowest BCUT2D eigenvalue weighted by Crippen LogP contribution is -2.00. The molecule has 0 bridgehead atoms. The van der Waals surface area contributed by atoms with Crippen LogP contribution in [0.4, 0.5) is 0 Å². The largest absolute Gasteiger partial charge is 0.338 e. The molecule has 6 heteroatoms. The van der Waals surface area contributed by atoms with Crippen LogP contribution in [-0.4, -0.2) is 14.3 Å². The summed E-state index contributed by atoms with van der Waals surface area (Å²) in [5.41, 5.74) is 2.91. The van der Waals surface area contributed by atoms with Crippen molar-refractivity contribution in [1.29, 1.82) is 0 Å². The van der Waals surface area contributed by atoms with E-state index in [-0.39, 0.29) is 5.75 Å². The molecule has 4 nitrogen and oxygen atoms in total. The maximum atomic E-state index is 12.2. The Hall–Kier alpha value is -1.98. The van der Waals surface area contributed by atoms with E-state index in [0.29, 0.717) is 22.5 Å². The molecule has 0 aliphatic carbocycles. The first kappa shape index (κ1) is 15.9. The van der Waals surface area contributed by atoms with Crippen molar-refractivity contribution in [2.24, 2.45) is 0 Å². The number of aryl methyl sites for hydroxylation is 1. The average Bonchev–Trinajstić information content (AvgIpc) is 2.95. The number of halogens is 1. The molecule has 3 rings (SSSR count). The fourth-order valence-corrected chi connectivity index (χ4v) is 3.51. The molecular weight excluding hydrogens is 332 g/mol. The van der Waals surface area contributed by atoms with Crippen molar-refractivity contribution in [2.75, 3.05) is 0 Å². The van der Waals surface area contributed by atoms with Crippen molar-refractivity contribution < 1.29 is 8.73 Å². The molecule has 118 valence electrons. The molecule has 0 saturated heterocycles. The van der Waals surface area contributed by atoms with E-state index in [1.165, 1.54) is 0 Å². The Morgan fingerprint density at radius 1 is 1.13 bits per heavy atom. The monoisotopic (exact) mass is 346 g/mol. The van der Waals surface area contributed by atoms with Crippen LogP contribution in [0.15, 0.2) is 53.1 Å². The first-order chi connectivity index (χ1) is 11.1. The number of rotatable bonds is 5. The van der Waals surface area contributed by atoms with Gasteiger partial charge < -0.3 is 4.52 Å². The molecule has 0 amide bonds. The van der Waals surface area contributed by atoms with Gasteiger partial charge in [-0.1, -0.05) is 53.2 Å². The summed E-state index contributed by atoms with van der Waals surface area (Å²) in [4.78, 5) is 4.34. The third-order valence-corrected chi connectivity index (χ3v) is 4.81. The van der Waals surface area contributed by atoms with Gasteiger partial charge in [0.15, 0.2) is 0 Å². The van der Waals surface area contributed by atoms with E-state index in [2.05, 4.69) is 10.1 Å². The molecule has 1 atom stereocenters. The van der Waals surface area contributed by atoms with Crippen LogP contribution < -0.4 is 0 Å². The van der Waals surface area contributed by atoms with E-state index >= 15 is 0 Å². The van der Waals surface area contributed by atoms with Gasteiger partial charge in [0.1, 0.15) is 5.75 Å². The molecule has 0 radical (unpaired) electrons. The zero-order valence-electron chi connectivity index (χ0n) is 12.5. The van der Waals surface area contributed by atoms with Gasteiger partial charge >= 0.3 is 0 Å². The predicted molar refractivity (Wildman–Crippen MR) is 91.5 cm³/mol. The van der Waals surface area contributed by atoms with Crippen molar-refractivity contribution in [3.8, 4) is 11.4 Å². The van der Waals surface area contributed by atoms with Gasteiger partial charge in [-0.2, -0.15) is 4.98 Å². The third-order valence-electron chi connectivity index (χ3n) is 3.36. The molecule has 0 aliphatic heterocycles. The van der Waals surface area contributed by atoms with E-state index in [4.69, 9.17) is 16.1 Å². The van der Waals surface area contributed by atoms with Gasteiger partial charge in [-0.3, -0.25) is 4.21 Å². The minimum absolute atomic E-state index is 0.228. The topological polar surface area (TPSA) is 56.0 Å². The standard InChI is InChI=1S/C17H15ClN2O2S/c1-12-5-2-3-8-15(12)17-19-16(22-20-17)11-23(21)10-13-6-4-7-14(18)9-13/h2-9H,10-11H2,1H3/t23-/m1/s1. The van der Waals surface area contributed by atoms with Gasteiger partial charge in [0, 0.05) is 27.1 Å². The van der Waals surface area contributed by atoms with Crippen molar-refractivity contribution >= 4 is 22.4 Å². The highest BCUT2D eigenvalue weighted by Gasteiger charge is 2.13. The average molecular weight is 347 g/mol. The summed E-state index contributed by atoms with van der Waals surface area (Å²) in [5.74, 6) is 1.54. The fourth-order valence-electron chi connectivity index (χ4n) is 2.25. The summed E-state index contributed by atoms with van der Waals surface area (Å²) < 4.78 is 17.5. The van der Waals surface area contributed by atoms with Crippen LogP contribution in [0, 0.1) is 6.92 Å². The fraction of sp³-hybridized carbons (Fsp3) is 0.176. The molecule has 0 N–H and O–H groups in total. The summed E-state index contributed by atoms with van der Waals surface area (Å²) >= 11 is 5.93. The smallest absolute Gasteiger partial charge is 0.239 e. The quantitative estimate of drug-likeness (QED) is 0.696. The molecule has 1 aromatic heterocycles. The van der Waals surface area contributed by atoms with Crippen LogP contribution in [0.1, 0.15) is 17.0 Å². The van der Waals surface area contributed by atoms with Crippen molar-refractivity contribution in [3.05, 3.63) is 70.6 Å². The molecule has 0 spiro atoms. The highest BCUT2D eigenvalue weighted by molar-refractivity contribution is 7.83. The van der Waals surface area contributed by atoms with Crippen LogP contribution in [0.2, 0.25) is 5.02 Å². The van der Waals surface area contributed by atoms with Gasteiger partial charge in [0.25, 0.3) is 0 Å². The highest BCUT2D eigenvalue weighted by atomic mass is 35.5. The number of aromatic nitrogens is 2. The lowest BCUT2D eigenvalue weighted by Gasteiger charge is -2.00. The zero-order chi connectivity index (χ0) is 16.2. The number of hydrogen-bond acceptors (Lipinski definition) is 4. The Morgan fingerprint density at radius 3 is 2.74 bits per heavy atom. The summed E-state index contributed by atoms with van der Waals surface area (Å²) in [6, 6.07) is 15.2. The Kier molecular flexibility index (Phi) is 4.88. The van der Waals surface area contributed by atoms with E-state index < -0.39 is 10.8 Å². The Bertz CT molecular complexity index is 848. The zero-order valence-corrected chi connectivity index (χ0v) is 14.1. The molecule has 0 saturated carbocycles. The van der Waals surface area contributed by atoms with Crippen LogP contribution in [0.25, 0.3) is 11.4 Å². The summed E-state index contributed by atoms with van der Waals surface area (Å²) in [6.45, 7) is 1.99. The Balaban J connectivity index is 1.69. The van der Waals surface area contributed by atoms with Gasteiger partial charge in [0.2, 0.25) is 11.7 Å². The molecule has 2 aromatic carbocycles. The van der Waals surface area contributed by atoms with Crippen LogP contribution in [-0.2, 0) is 22.3 Å². The first-order valence-corrected chi connectivity index (χ1v) is 8.96. The Labute approximate surface area is 142 Å². The van der Waals surface area contributed by atoms with Crippen LogP contribution in [0.3, 0.4) is 0 Å². The molecule has 0 unspecified atom stereocenters.